The summed E-state index contributed by atoms with van der Waals surface area (Å²) in [4.78, 5) is 39.9. The van der Waals surface area contributed by atoms with Gasteiger partial charge in [-0.05, 0) is 32.1 Å². The van der Waals surface area contributed by atoms with Crippen LogP contribution < -0.4 is 0 Å². The molecule has 0 aromatic heterocycles. The molecule has 0 aromatic carbocycles. The van der Waals surface area contributed by atoms with Crippen molar-refractivity contribution < 1.29 is 14.4 Å². The molecule has 2 heterocycles. The highest BCUT2D eigenvalue weighted by atomic mass is 35.5. The second-order valence-corrected chi connectivity index (χ2v) is 6.49. The van der Waals surface area contributed by atoms with Crippen LogP contribution in [0, 0.1) is 11.8 Å². The highest BCUT2D eigenvalue weighted by molar-refractivity contribution is 6.30. The molecule has 2 aliphatic heterocycles. The molecule has 0 spiro atoms. The van der Waals surface area contributed by atoms with Gasteiger partial charge in [0.15, 0.2) is 0 Å². The summed E-state index contributed by atoms with van der Waals surface area (Å²) in [7, 11) is 0. The van der Waals surface area contributed by atoms with Crippen molar-refractivity contribution in [3.63, 3.8) is 0 Å². The van der Waals surface area contributed by atoms with Gasteiger partial charge in [0.1, 0.15) is 6.54 Å². The molecule has 1 aliphatic carbocycles. The van der Waals surface area contributed by atoms with Crippen molar-refractivity contribution >= 4 is 29.3 Å². The van der Waals surface area contributed by atoms with Crippen LogP contribution in [0.3, 0.4) is 0 Å². The Morgan fingerprint density at radius 3 is 2.52 bits per heavy atom. The molecular formula is C15H19ClN2O3. The van der Waals surface area contributed by atoms with Gasteiger partial charge in [-0.25, -0.2) is 0 Å². The average Bonchev–Trinajstić information content (AvgIpc) is 2.73. The van der Waals surface area contributed by atoms with E-state index in [9.17, 15) is 14.4 Å². The SMILES string of the molecule is O=C(CN1C(=O)C2CC=C(Cl)CC2C1=O)N1CCCCC1. The zero-order valence-corrected chi connectivity index (χ0v) is 12.6. The van der Waals surface area contributed by atoms with Gasteiger partial charge in [0.05, 0.1) is 11.8 Å². The largest absolute Gasteiger partial charge is 0.341 e. The maximum Gasteiger partial charge on any atom is 0.242 e. The number of carbonyl (C=O) groups excluding carboxylic acids is 3. The Balaban J connectivity index is 1.67. The van der Waals surface area contributed by atoms with Crippen molar-refractivity contribution in [1.82, 2.24) is 9.80 Å². The van der Waals surface area contributed by atoms with Crippen LogP contribution in [0.25, 0.3) is 0 Å². The Bertz CT molecular complexity index is 511. The van der Waals surface area contributed by atoms with E-state index in [1.54, 1.807) is 4.90 Å². The summed E-state index contributed by atoms with van der Waals surface area (Å²) in [6.07, 6.45) is 5.87. The molecule has 0 saturated carbocycles. The standard InChI is InChI=1S/C15H19ClN2O3/c16-10-4-5-11-12(8-10)15(21)18(14(11)20)9-13(19)17-6-2-1-3-7-17/h4,11-12H,1-3,5-9H2. The third-order valence-electron chi connectivity index (χ3n) is 4.66. The van der Waals surface area contributed by atoms with E-state index < -0.39 is 0 Å². The van der Waals surface area contributed by atoms with Crippen LogP contribution >= 0.6 is 11.6 Å². The second-order valence-electron chi connectivity index (χ2n) is 6.01. The van der Waals surface area contributed by atoms with E-state index in [0.717, 1.165) is 37.3 Å². The molecule has 2 atom stereocenters. The van der Waals surface area contributed by atoms with E-state index in [2.05, 4.69) is 0 Å². The van der Waals surface area contributed by atoms with Crippen molar-refractivity contribution in [3.05, 3.63) is 11.1 Å². The number of hydrogen-bond donors (Lipinski definition) is 0. The van der Waals surface area contributed by atoms with Crippen LogP contribution in [0.1, 0.15) is 32.1 Å². The smallest absolute Gasteiger partial charge is 0.242 e. The number of hydrogen-bond acceptors (Lipinski definition) is 3. The van der Waals surface area contributed by atoms with Crippen molar-refractivity contribution in [2.75, 3.05) is 19.6 Å². The van der Waals surface area contributed by atoms with Crippen LogP contribution in [0.2, 0.25) is 0 Å². The number of allylic oxidation sites excluding steroid dienone is 2. The number of halogens is 1. The molecule has 3 aliphatic rings. The molecule has 0 radical (unpaired) electrons. The molecule has 2 saturated heterocycles. The number of fused-ring (bicyclic) bond motifs is 1. The van der Waals surface area contributed by atoms with Gasteiger partial charge in [-0.15, -0.1) is 0 Å². The van der Waals surface area contributed by atoms with Crippen molar-refractivity contribution in [2.45, 2.75) is 32.1 Å². The Hall–Kier alpha value is -1.36. The summed E-state index contributed by atoms with van der Waals surface area (Å²) in [5, 5.41) is 0.640. The number of carbonyl (C=O) groups is 3. The minimum absolute atomic E-state index is 0.109. The van der Waals surface area contributed by atoms with Gasteiger partial charge in [-0.1, -0.05) is 17.7 Å². The number of amides is 3. The topological polar surface area (TPSA) is 57.7 Å². The van der Waals surface area contributed by atoms with Gasteiger partial charge in [0, 0.05) is 18.1 Å². The second kappa shape index (κ2) is 5.79. The molecule has 0 aromatic rings. The molecule has 0 N–H and O–H groups in total. The Labute approximate surface area is 128 Å². The first kappa shape index (κ1) is 14.6. The van der Waals surface area contributed by atoms with Crippen LogP contribution in [-0.4, -0.2) is 47.2 Å². The van der Waals surface area contributed by atoms with E-state index in [1.807, 2.05) is 6.08 Å². The molecule has 0 bridgehead atoms. The van der Waals surface area contributed by atoms with Crippen molar-refractivity contribution in [1.29, 1.82) is 0 Å². The zero-order valence-electron chi connectivity index (χ0n) is 11.9. The minimum atomic E-state index is -0.371. The lowest BCUT2D eigenvalue weighted by atomic mass is 9.85. The monoisotopic (exact) mass is 310 g/mol. The predicted octanol–water partition coefficient (Wildman–Crippen LogP) is 1.52. The summed E-state index contributed by atoms with van der Waals surface area (Å²) in [5.74, 6) is -1.26. The van der Waals surface area contributed by atoms with E-state index in [1.165, 1.54) is 0 Å². The number of likely N-dealkylation sites (tertiary alicyclic amines) is 2. The van der Waals surface area contributed by atoms with Gasteiger partial charge >= 0.3 is 0 Å². The quantitative estimate of drug-likeness (QED) is 0.727. The molecule has 21 heavy (non-hydrogen) atoms. The first-order valence-corrected chi connectivity index (χ1v) is 7.93. The lowest BCUT2D eigenvalue weighted by molar-refractivity contribution is -0.146. The summed E-state index contributed by atoms with van der Waals surface area (Å²) >= 11 is 5.98. The number of rotatable bonds is 2. The average molecular weight is 311 g/mol. The first-order chi connectivity index (χ1) is 10.1. The molecule has 2 fully saturated rings. The summed E-state index contributed by atoms with van der Waals surface area (Å²) in [6.45, 7) is 1.35. The van der Waals surface area contributed by atoms with Crippen LogP contribution in [0.5, 0.6) is 0 Å². The molecule has 5 nitrogen and oxygen atoms in total. The van der Waals surface area contributed by atoms with Gasteiger partial charge in [-0.2, -0.15) is 0 Å². The van der Waals surface area contributed by atoms with Gasteiger partial charge in [0.2, 0.25) is 17.7 Å². The number of piperidine rings is 1. The first-order valence-electron chi connectivity index (χ1n) is 7.55. The molecule has 114 valence electrons. The highest BCUT2D eigenvalue weighted by Gasteiger charge is 2.49. The van der Waals surface area contributed by atoms with Gasteiger partial charge in [0.25, 0.3) is 0 Å². The predicted molar refractivity (Wildman–Crippen MR) is 77.3 cm³/mol. The lowest BCUT2D eigenvalue weighted by Crippen LogP contribution is -2.44. The zero-order chi connectivity index (χ0) is 15.0. The fourth-order valence-electron chi connectivity index (χ4n) is 3.43. The maximum atomic E-state index is 12.4. The molecule has 2 unspecified atom stereocenters. The third-order valence-corrected chi connectivity index (χ3v) is 4.97. The van der Waals surface area contributed by atoms with Crippen molar-refractivity contribution in [2.24, 2.45) is 11.8 Å². The fraction of sp³-hybridized carbons (Fsp3) is 0.667. The molecule has 3 rings (SSSR count). The fourth-order valence-corrected chi connectivity index (χ4v) is 3.69. The van der Waals surface area contributed by atoms with Crippen LogP contribution in [0.15, 0.2) is 11.1 Å². The summed E-state index contributed by atoms with van der Waals surface area (Å²) in [6, 6.07) is 0. The van der Waals surface area contributed by atoms with E-state index in [-0.39, 0.29) is 36.1 Å². The Morgan fingerprint density at radius 2 is 1.81 bits per heavy atom. The van der Waals surface area contributed by atoms with Crippen LogP contribution in [-0.2, 0) is 14.4 Å². The van der Waals surface area contributed by atoms with E-state index in [4.69, 9.17) is 11.6 Å². The normalized spacial score (nSPS) is 29.5. The van der Waals surface area contributed by atoms with Gasteiger partial charge in [-0.3, -0.25) is 19.3 Å². The van der Waals surface area contributed by atoms with Crippen LogP contribution in [0.4, 0.5) is 0 Å². The Kier molecular flexibility index (Phi) is 4.02. The summed E-state index contributed by atoms with van der Waals surface area (Å²) in [5.41, 5.74) is 0. The van der Waals surface area contributed by atoms with Gasteiger partial charge < -0.3 is 4.90 Å². The van der Waals surface area contributed by atoms with Crippen molar-refractivity contribution in [3.8, 4) is 0 Å². The third kappa shape index (κ3) is 2.71. The molecular weight excluding hydrogens is 292 g/mol. The minimum Gasteiger partial charge on any atom is -0.341 e. The molecule has 6 heteroatoms. The Morgan fingerprint density at radius 1 is 1.14 bits per heavy atom. The lowest BCUT2D eigenvalue weighted by Gasteiger charge is -2.28. The highest BCUT2D eigenvalue weighted by Crippen LogP contribution is 2.38. The number of nitrogens with zero attached hydrogens (tertiary/aromatic N) is 2. The number of imide groups is 1. The molecule has 3 amide bonds. The maximum absolute atomic E-state index is 12.4. The summed E-state index contributed by atoms with van der Waals surface area (Å²) < 4.78 is 0. The van der Waals surface area contributed by atoms with E-state index >= 15 is 0 Å². The van der Waals surface area contributed by atoms with E-state index in [0.29, 0.717) is 17.9 Å².